The van der Waals surface area contributed by atoms with Gasteiger partial charge >= 0.3 is 0 Å². The Kier molecular flexibility index (Phi) is 7.42. The third kappa shape index (κ3) is 5.55. The van der Waals surface area contributed by atoms with Crippen LogP contribution >= 0.6 is 11.6 Å². The Labute approximate surface area is 219 Å². The molecule has 0 aliphatic rings. The molecule has 0 radical (unpaired) electrons. The number of nitrogens with zero attached hydrogens (tertiary/aromatic N) is 3. The summed E-state index contributed by atoms with van der Waals surface area (Å²) in [4.78, 5) is 25.6. The van der Waals surface area contributed by atoms with Gasteiger partial charge in [-0.1, -0.05) is 35.4 Å². The van der Waals surface area contributed by atoms with Crippen molar-refractivity contribution in [3.63, 3.8) is 0 Å². The number of benzene rings is 1. The highest BCUT2D eigenvalue weighted by atomic mass is 35.5. The van der Waals surface area contributed by atoms with E-state index < -0.39 is 15.9 Å². The molecule has 0 bridgehead atoms. The number of halogens is 1. The van der Waals surface area contributed by atoms with Gasteiger partial charge in [-0.3, -0.25) is 4.79 Å². The number of ether oxygens (including phenoxy) is 2. The average molecular weight is 539 g/mol. The van der Waals surface area contributed by atoms with E-state index >= 15 is 0 Å². The molecule has 0 aliphatic carbocycles. The highest BCUT2D eigenvalue weighted by molar-refractivity contribution is 7.90. The van der Waals surface area contributed by atoms with Crippen molar-refractivity contribution >= 4 is 27.5 Å². The lowest BCUT2D eigenvalue weighted by Gasteiger charge is -2.16. The van der Waals surface area contributed by atoms with E-state index in [2.05, 4.69) is 15.0 Å². The summed E-state index contributed by atoms with van der Waals surface area (Å²) in [6.07, 6.45) is 2.83. The minimum absolute atomic E-state index is 0.0974. The fourth-order valence-corrected chi connectivity index (χ4v) is 4.97. The van der Waals surface area contributed by atoms with E-state index in [0.717, 1.165) is 16.7 Å². The summed E-state index contributed by atoms with van der Waals surface area (Å²) in [5, 5.41) is -0.0719. The average Bonchev–Trinajstić information content (AvgIpc) is 2.86. The zero-order valence-electron chi connectivity index (χ0n) is 20.4. The molecule has 4 rings (SSSR count). The van der Waals surface area contributed by atoms with E-state index in [0.29, 0.717) is 17.0 Å². The lowest BCUT2D eigenvalue weighted by molar-refractivity contribution is 0.0978. The molecule has 1 aromatic carbocycles. The maximum absolute atomic E-state index is 13.2. The second-order valence-electron chi connectivity index (χ2n) is 8.16. The minimum atomic E-state index is -4.24. The van der Waals surface area contributed by atoms with Crippen LogP contribution in [0, 0.1) is 20.8 Å². The number of rotatable bonds is 7. The van der Waals surface area contributed by atoms with Crippen LogP contribution in [0.5, 0.6) is 17.5 Å². The smallest absolute Gasteiger partial charge is 0.281 e. The summed E-state index contributed by atoms with van der Waals surface area (Å²) in [5.41, 5.74) is 3.44. The van der Waals surface area contributed by atoms with E-state index in [1.54, 1.807) is 12.1 Å². The van der Waals surface area contributed by atoms with E-state index in [1.165, 1.54) is 43.8 Å². The van der Waals surface area contributed by atoms with Crippen molar-refractivity contribution in [2.75, 3.05) is 7.11 Å². The third-order valence-corrected chi connectivity index (χ3v) is 6.99. The predicted molar refractivity (Wildman–Crippen MR) is 139 cm³/mol. The molecule has 4 aromatic rings. The van der Waals surface area contributed by atoms with Crippen LogP contribution in [0.15, 0.2) is 66.0 Å². The number of amides is 1. The highest BCUT2D eigenvalue weighted by Crippen LogP contribution is 2.36. The van der Waals surface area contributed by atoms with Crippen LogP contribution in [-0.4, -0.2) is 36.4 Å². The van der Waals surface area contributed by atoms with Crippen LogP contribution < -0.4 is 14.2 Å². The normalized spacial score (nSPS) is 11.2. The highest BCUT2D eigenvalue weighted by Gasteiger charge is 2.25. The van der Waals surface area contributed by atoms with Gasteiger partial charge in [-0.25, -0.2) is 19.7 Å². The van der Waals surface area contributed by atoms with Gasteiger partial charge < -0.3 is 9.47 Å². The Morgan fingerprint density at radius 1 is 0.946 bits per heavy atom. The molecule has 0 fully saturated rings. The largest absolute Gasteiger partial charge is 0.480 e. The van der Waals surface area contributed by atoms with Crippen molar-refractivity contribution in [3.05, 3.63) is 88.2 Å². The van der Waals surface area contributed by atoms with Crippen LogP contribution in [0.25, 0.3) is 11.3 Å². The molecule has 0 saturated heterocycles. The molecule has 190 valence electrons. The van der Waals surface area contributed by atoms with Crippen molar-refractivity contribution in [2.24, 2.45) is 0 Å². The zero-order chi connectivity index (χ0) is 26.7. The summed E-state index contributed by atoms with van der Waals surface area (Å²) < 4.78 is 38.9. The fraction of sp³-hybridized carbons (Fsp3) is 0.154. The molecule has 0 aliphatic heterocycles. The number of nitrogens with one attached hydrogen (secondary N) is 1. The van der Waals surface area contributed by atoms with Crippen LogP contribution in [0.2, 0.25) is 5.02 Å². The topological polar surface area (TPSA) is 120 Å². The Morgan fingerprint density at radius 2 is 1.68 bits per heavy atom. The number of aromatic nitrogens is 3. The second kappa shape index (κ2) is 10.5. The van der Waals surface area contributed by atoms with E-state index in [-0.39, 0.29) is 27.4 Å². The van der Waals surface area contributed by atoms with Gasteiger partial charge in [-0.15, -0.1) is 0 Å². The van der Waals surface area contributed by atoms with Crippen LogP contribution in [-0.2, 0) is 10.0 Å². The van der Waals surface area contributed by atoms with Crippen molar-refractivity contribution in [2.45, 2.75) is 25.8 Å². The standard InChI is InChI=1S/C26H23ClN4O5S/c1-15-13-16(2)23(17(3)14-15)36-25-19(24(32)31-37(33,34)21-7-5-6-11-28-21)8-9-20(30-25)18-10-12-29-26(35-4)22(18)27/h5-14H,1-4H3,(H,31,32). The number of methoxy groups -OCH3 is 1. The number of pyridine rings is 3. The summed E-state index contributed by atoms with van der Waals surface area (Å²) in [5.74, 6) is -0.333. The molecule has 0 saturated carbocycles. The first-order valence-corrected chi connectivity index (χ1v) is 12.9. The van der Waals surface area contributed by atoms with Crippen molar-refractivity contribution < 1.29 is 22.7 Å². The molecule has 1 N–H and O–H groups in total. The predicted octanol–water partition coefficient (Wildman–Crippen LogP) is 5.04. The summed E-state index contributed by atoms with van der Waals surface area (Å²) in [6.45, 7) is 5.70. The molecular formula is C26H23ClN4O5S. The quantitative estimate of drug-likeness (QED) is 0.347. The molecule has 37 heavy (non-hydrogen) atoms. The van der Waals surface area contributed by atoms with E-state index in [9.17, 15) is 13.2 Å². The van der Waals surface area contributed by atoms with Gasteiger partial charge in [0.2, 0.25) is 11.8 Å². The molecule has 0 unspecified atom stereocenters. The maximum Gasteiger partial charge on any atom is 0.281 e. The van der Waals surface area contributed by atoms with Crippen molar-refractivity contribution in [1.29, 1.82) is 0 Å². The summed E-state index contributed by atoms with van der Waals surface area (Å²) >= 11 is 6.45. The molecule has 3 heterocycles. The SMILES string of the molecule is COc1nccc(-c2ccc(C(=O)NS(=O)(=O)c3ccccn3)c(Oc3c(C)cc(C)cc3C)n2)c1Cl. The molecule has 3 aromatic heterocycles. The molecule has 9 nitrogen and oxygen atoms in total. The van der Waals surface area contributed by atoms with Gasteiger partial charge in [0, 0.05) is 18.0 Å². The second-order valence-corrected chi connectivity index (χ2v) is 10.2. The van der Waals surface area contributed by atoms with Crippen molar-refractivity contribution in [1.82, 2.24) is 19.7 Å². The first-order chi connectivity index (χ1) is 17.6. The number of hydrogen-bond donors (Lipinski definition) is 1. The number of sulfonamides is 1. The number of aryl methyl sites for hydroxylation is 3. The van der Waals surface area contributed by atoms with Gasteiger partial charge in [-0.2, -0.15) is 8.42 Å². The first kappa shape index (κ1) is 26.1. The number of carbonyl (C=O) groups excluding carboxylic acids is 1. The summed E-state index contributed by atoms with van der Waals surface area (Å²) in [6, 6.07) is 12.8. The zero-order valence-corrected chi connectivity index (χ0v) is 22.0. The van der Waals surface area contributed by atoms with Crippen LogP contribution in [0.4, 0.5) is 0 Å². The van der Waals surface area contributed by atoms with Gasteiger partial charge in [-0.05, 0) is 62.2 Å². The molecular weight excluding hydrogens is 516 g/mol. The van der Waals surface area contributed by atoms with Gasteiger partial charge in [0.05, 0.1) is 12.8 Å². The van der Waals surface area contributed by atoms with Gasteiger partial charge in [0.1, 0.15) is 16.3 Å². The Balaban J connectivity index is 1.81. The van der Waals surface area contributed by atoms with Crippen LogP contribution in [0.3, 0.4) is 0 Å². The monoisotopic (exact) mass is 538 g/mol. The Bertz CT molecular complexity index is 1570. The first-order valence-electron chi connectivity index (χ1n) is 11.0. The minimum Gasteiger partial charge on any atom is -0.480 e. The molecule has 11 heteroatoms. The Hall–Kier alpha value is -4.02. The number of carbonyl (C=O) groups is 1. The maximum atomic E-state index is 13.2. The van der Waals surface area contributed by atoms with Gasteiger partial charge in [0.15, 0.2) is 5.03 Å². The van der Waals surface area contributed by atoms with E-state index in [4.69, 9.17) is 21.1 Å². The summed E-state index contributed by atoms with van der Waals surface area (Å²) in [7, 11) is -2.79. The van der Waals surface area contributed by atoms with Gasteiger partial charge in [0.25, 0.3) is 15.9 Å². The molecule has 1 amide bonds. The number of hydrogen-bond acceptors (Lipinski definition) is 8. The third-order valence-electron chi connectivity index (χ3n) is 5.37. The lowest BCUT2D eigenvalue weighted by Crippen LogP contribution is -2.31. The Morgan fingerprint density at radius 3 is 2.32 bits per heavy atom. The van der Waals surface area contributed by atoms with Crippen molar-refractivity contribution in [3.8, 4) is 28.8 Å². The molecule has 0 spiro atoms. The van der Waals surface area contributed by atoms with Crippen LogP contribution in [0.1, 0.15) is 27.0 Å². The van der Waals surface area contributed by atoms with E-state index in [1.807, 2.05) is 37.6 Å². The lowest BCUT2D eigenvalue weighted by atomic mass is 10.1. The fourth-order valence-electron chi connectivity index (χ4n) is 3.77. The molecule has 0 atom stereocenters.